The van der Waals surface area contributed by atoms with Crippen molar-refractivity contribution in [1.29, 1.82) is 0 Å². The summed E-state index contributed by atoms with van der Waals surface area (Å²) in [6, 6.07) is 0. The number of carbonyl (C=O) groups excluding carboxylic acids is 2. The highest BCUT2D eigenvalue weighted by Crippen LogP contribution is 2.70. The number of hydrogen-bond acceptors (Lipinski definition) is 7. The van der Waals surface area contributed by atoms with Crippen molar-refractivity contribution in [3.05, 3.63) is 0 Å². The Morgan fingerprint density at radius 2 is 0.966 bits per heavy atom. The minimum Gasteiger partial charge on any atom is -0.393 e. The molecule has 8 rings (SSSR count). The van der Waals surface area contributed by atoms with Crippen LogP contribution in [0.15, 0.2) is 0 Å². The molecule has 59 heavy (non-hydrogen) atoms. The monoisotopic (exact) mass is 825 g/mol. The fraction of sp³-hybridized carbons (Fsp3) is 0.962. The summed E-state index contributed by atoms with van der Waals surface area (Å²) in [4.78, 5) is 23.7. The lowest BCUT2D eigenvalue weighted by Gasteiger charge is -2.63. The van der Waals surface area contributed by atoms with E-state index in [0.29, 0.717) is 107 Å². The molecule has 0 heterocycles. The zero-order chi connectivity index (χ0) is 42.8. The molecule has 0 spiro atoms. The first-order chi connectivity index (χ1) is 27.8. The van der Waals surface area contributed by atoms with Crippen LogP contribution in [0.5, 0.6) is 0 Å². The topological polar surface area (TPSA) is 135 Å². The second-order valence-electron chi connectivity index (χ2n) is 23.8. The highest BCUT2D eigenvalue weighted by molar-refractivity contribution is 5.78. The van der Waals surface area contributed by atoms with Gasteiger partial charge in [-0.15, -0.1) is 0 Å². The Balaban J connectivity index is 0.000000179. The molecule has 0 aromatic rings. The van der Waals surface area contributed by atoms with E-state index in [1.807, 2.05) is 13.8 Å². The number of fused-ring (bicyclic) bond motifs is 10. The largest absolute Gasteiger partial charge is 0.393 e. The zero-order valence-electron chi connectivity index (χ0n) is 38.7. The van der Waals surface area contributed by atoms with E-state index in [0.717, 1.165) is 89.9 Å². The number of rotatable bonds is 10. The first kappa shape index (κ1) is 46.1. The third kappa shape index (κ3) is 8.02. The normalized spacial score (nSPS) is 51.0. The van der Waals surface area contributed by atoms with E-state index in [2.05, 4.69) is 41.5 Å². The van der Waals surface area contributed by atoms with Crippen molar-refractivity contribution in [3.8, 4) is 0 Å². The maximum Gasteiger partial charge on any atom is 0.132 e. The number of Topliss-reactive ketones (excluding diaryl/α,β-unsaturated/α-hetero) is 2. The van der Waals surface area contributed by atoms with Gasteiger partial charge >= 0.3 is 0 Å². The van der Waals surface area contributed by atoms with Crippen molar-refractivity contribution in [3.63, 3.8) is 0 Å². The third-order valence-electron chi connectivity index (χ3n) is 21.5. The quantitative estimate of drug-likeness (QED) is 0.148. The van der Waals surface area contributed by atoms with Gasteiger partial charge in [-0.05, 0) is 202 Å². The smallest absolute Gasteiger partial charge is 0.132 e. The summed E-state index contributed by atoms with van der Waals surface area (Å²) >= 11 is 0. The lowest BCUT2D eigenvalue weighted by atomic mass is 9.43. The summed E-state index contributed by atoms with van der Waals surface area (Å²) in [6.45, 7) is 18.3. The van der Waals surface area contributed by atoms with Crippen LogP contribution in [0.4, 0.5) is 0 Å². The average Bonchev–Trinajstić information content (AvgIpc) is 3.75. The zero-order valence-corrected chi connectivity index (χ0v) is 38.7. The van der Waals surface area contributed by atoms with E-state index >= 15 is 0 Å². The Hall–Kier alpha value is -0.860. The van der Waals surface area contributed by atoms with Gasteiger partial charge in [0.2, 0.25) is 0 Å². The van der Waals surface area contributed by atoms with Crippen LogP contribution in [-0.4, -0.2) is 67.6 Å². The fourth-order valence-electron chi connectivity index (χ4n) is 17.8. The predicted octanol–water partition coefficient (Wildman–Crippen LogP) is 9.72. The molecule has 0 saturated heterocycles. The first-order valence-electron chi connectivity index (χ1n) is 25.3. The molecule has 21 atom stereocenters. The van der Waals surface area contributed by atoms with E-state index in [9.17, 15) is 35.1 Å². The molecular weight excluding hydrogens is 737 g/mol. The van der Waals surface area contributed by atoms with Crippen molar-refractivity contribution in [1.82, 2.24) is 0 Å². The maximum absolute atomic E-state index is 11.9. The SMILES string of the molecule is CCC(=O)CC[C@@H](C)[C@H]1CC[C@H]2[C@@H]3[C@H](O)C[C@@H]4C[C@H](O)CC[C@]4(C)[C@H]3CC[C@]12C.CCC(=O)CC[C@@H](C)[C@H]1CC[C@H]2[C@@H]3[C@H](O)C[C@@H]4C[C@H](O)CC[C@]4(C)[C@H]3C[C@H](O)[C@]12C. The van der Waals surface area contributed by atoms with Crippen LogP contribution in [0, 0.1) is 92.7 Å². The van der Waals surface area contributed by atoms with Gasteiger partial charge in [-0.2, -0.15) is 0 Å². The van der Waals surface area contributed by atoms with Crippen LogP contribution >= 0.6 is 0 Å². The van der Waals surface area contributed by atoms with Gasteiger partial charge in [0.05, 0.1) is 30.5 Å². The lowest BCUT2D eigenvalue weighted by molar-refractivity contribution is -0.207. The molecule has 5 N–H and O–H groups in total. The number of aliphatic hydroxyl groups is 5. The highest BCUT2D eigenvalue weighted by atomic mass is 16.3. The van der Waals surface area contributed by atoms with Gasteiger partial charge in [-0.25, -0.2) is 0 Å². The molecule has 0 radical (unpaired) electrons. The number of hydrogen-bond donors (Lipinski definition) is 5. The van der Waals surface area contributed by atoms with Gasteiger partial charge in [-0.1, -0.05) is 55.4 Å². The summed E-state index contributed by atoms with van der Waals surface area (Å²) in [5, 5.41) is 54.7. The number of carbonyl (C=O) groups is 2. The molecule has 0 aliphatic heterocycles. The Labute approximate surface area is 359 Å². The van der Waals surface area contributed by atoms with Crippen LogP contribution in [0.3, 0.4) is 0 Å². The lowest BCUT2D eigenvalue weighted by Crippen LogP contribution is -2.62. The predicted molar refractivity (Wildman–Crippen MR) is 234 cm³/mol. The number of ketones is 2. The van der Waals surface area contributed by atoms with Crippen LogP contribution in [0.2, 0.25) is 0 Å². The maximum atomic E-state index is 11.9. The third-order valence-corrected chi connectivity index (χ3v) is 21.5. The van der Waals surface area contributed by atoms with E-state index in [-0.39, 0.29) is 47.3 Å². The summed E-state index contributed by atoms with van der Waals surface area (Å²) in [5.74, 6) is 6.43. The molecule has 7 nitrogen and oxygen atoms in total. The van der Waals surface area contributed by atoms with Crippen LogP contribution in [0.1, 0.15) is 190 Å². The van der Waals surface area contributed by atoms with Gasteiger partial charge in [0.1, 0.15) is 11.6 Å². The molecule has 8 aliphatic carbocycles. The van der Waals surface area contributed by atoms with Gasteiger partial charge in [0.15, 0.2) is 0 Å². The van der Waals surface area contributed by atoms with E-state index in [4.69, 9.17) is 0 Å². The Morgan fingerprint density at radius 3 is 1.51 bits per heavy atom. The molecule has 0 amide bonds. The molecule has 0 bridgehead atoms. The van der Waals surface area contributed by atoms with E-state index in [1.165, 1.54) is 25.7 Å². The standard InChI is InChI=1S/C26H44O4.C26H44O3/c1-5-17(27)7-6-15(2)19-8-9-20-24-21(14-23(30)26(19,20)4)25(3)11-10-18(28)12-16(25)13-22(24)29;1-5-18(27)7-6-16(2)20-8-9-21-24-22(11-13-26(20,21)4)25(3)12-10-19(28)14-17(25)15-23(24)29/h15-16,18-24,28-30H,5-14H2,1-4H3;16-17,19-24,28-29H,5-15H2,1-4H3/t15-,16+,18-,19-,20+,21+,22-,23+,24+,25+,26-;16-,17+,19-,20-,21+,22+,23-,24+,25+,26-/m11/s1. The Bertz CT molecular complexity index is 1480. The molecule has 8 aliphatic rings. The van der Waals surface area contributed by atoms with Crippen molar-refractivity contribution in [2.75, 3.05) is 0 Å². The summed E-state index contributed by atoms with van der Waals surface area (Å²) < 4.78 is 0. The average molecular weight is 825 g/mol. The molecule has 7 heteroatoms. The highest BCUT2D eigenvalue weighted by Gasteiger charge is 2.66. The minimum atomic E-state index is -0.338. The molecule has 0 aromatic carbocycles. The van der Waals surface area contributed by atoms with Gasteiger partial charge in [0.25, 0.3) is 0 Å². The fourth-order valence-corrected chi connectivity index (χ4v) is 17.8. The number of aliphatic hydroxyl groups excluding tert-OH is 5. The molecule has 8 fully saturated rings. The Kier molecular flexibility index (Phi) is 13.8. The molecule has 0 aromatic heterocycles. The summed E-state index contributed by atoms with van der Waals surface area (Å²) in [7, 11) is 0. The second kappa shape index (κ2) is 17.6. The van der Waals surface area contributed by atoms with Crippen LogP contribution in [0.25, 0.3) is 0 Å². The van der Waals surface area contributed by atoms with Crippen molar-refractivity contribution >= 4 is 11.6 Å². The van der Waals surface area contributed by atoms with E-state index < -0.39 is 0 Å². The molecule has 0 unspecified atom stereocenters. The van der Waals surface area contributed by atoms with Crippen LogP contribution < -0.4 is 0 Å². The van der Waals surface area contributed by atoms with Crippen molar-refractivity contribution < 1.29 is 35.1 Å². The van der Waals surface area contributed by atoms with Gasteiger partial charge < -0.3 is 25.5 Å². The molecule has 338 valence electrons. The first-order valence-corrected chi connectivity index (χ1v) is 25.3. The second-order valence-corrected chi connectivity index (χ2v) is 23.8. The van der Waals surface area contributed by atoms with Gasteiger partial charge in [0, 0.05) is 25.7 Å². The molecular formula is C52H88O7. The van der Waals surface area contributed by atoms with E-state index in [1.54, 1.807) is 0 Å². The molecule has 8 saturated carbocycles. The van der Waals surface area contributed by atoms with Crippen molar-refractivity contribution in [2.24, 2.45) is 92.7 Å². The minimum absolute atomic E-state index is 0.128. The van der Waals surface area contributed by atoms with Crippen molar-refractivity contribution in [2.45, 2.75) is 221 Å². The van der Waals surface area contributed by atoms with Gasteiger partial charge in [-0.3, -0.25) is 9.59 Å². The Morgan fingerprint density at radius 1 is 0.525 bits per heavy atom. The summed E-state index contributed by atoms with van der Waals surface area (Å²) in [6.07, 6.45) is 18.8. The van der Waals surface area contributed by atoms with Crippen LogP contribution in [-0.2, 0) is 9.59 Å². The summed E-state index contributed by atoms with van der Waals surface area (Å²) in [5.41, 5.74) is 0.604.